The van der Waals surface area contributed by atoms with Gasteiger partial charge in [0.05, 0.1) is 29.3 Å². The van der Waals surface area contributed by atoms with Crippen molar-refractivity contribution in [1.82, 2.24) is 15.0 Å². The molecule has 29 heavy (non-hydrogen) atoms. The molecule has 1 aromatic heterocycles. The van der Waals surface area contributed by atoms with E-state index in [1.165, 1.54) is 23.1 Å². The first-order valence-corrected chi connectivity index (χ1v) is 9.67. The summed E-state index contributed by atoms with van der Waals surface area (Å²) < 4.78 is 15.8. The quantitative estimate of drug-likeness (QED) is 0.514. The van der Waals surface area contributed by atoms with Gasteiger partial charge in [0.1, 0.15) is 0 Å². The molecule has 0 N–H and O–H groups in total. The molecule has 0 spiro atoms. The van der Waals surface area contributed by atoms with Crippen LogP contribution in [0.1, 0.15) is 69.0 Å². The normalized spacial score (nSPS) is 18.4. The number of hydrogen-bond donors (Lipinski definition) is 0. The van der Waals surface area contributed by atoms with Crippen molar-refractivity contribution in [2.24, 2.45) is 0 Å². The van der Waals surface area contributed by atoms with Crippen LogP contribution in [0.15, 0.2) is 22.7 Å². The van der Waals surface area contributed by atoms with Crippen molar-refractivity contribution in [3.8, 4) is 0 Å². The van der Waals surface area contributed by atoms with Gasteiger partial charge >= 0.3 is 5.97 Å². The van der Waals surface area contributed by atoms with Crippen LogP contribution in [0.5, 0.6) is 0 Å². The summed E-state index contributed by atoms with van der Waals surface area (Å²) in [5.74, 6) is -0.657. The van der Waals surface area contributed by atoms with Gasteiger partial charge in [-0.2, -0.15) is 4.98 Å². The molecule has 0 saturated carbocycles. The van der Waals surface area contributed by atoms with Crippen LogP contribution >= 0.6 is 0 Å². The van der Waals surface area contributed by atoms with Gasteiger partial charge in [0.25, 0.3) is 17.7 Å². The SMILES string of the molecule is CCCc1noc(COC(=O)c2ccc3c(c2)C(=O)N(CC2CCCO2)C3=O)n1. The number of ether oxygens (including phenoxy) is 2. The molecule has 2 aromatic rings. The average Bonchev–Trinajstić information content (AvgIpc) is 3.45. The second kappa shape index (κ2) is 8.12. The van der Waals surface area contributed by atoms with Crippen LogP contribution in [0.3, 0.4) is 0 Å². The van der Waals surface area contributed by atoms with Crippen molar-refractivity contribution >= 4 is 17.8 Å². The second-order valence-corrected chi connectivity index (χ2v) is 7.05. The van der Waals surface area contributed by atoms with Gasteiger partial charge in [0, 0.05) is 13.0 Å². The van der Waals surface area contributed by atoms with Crippen LogP contribution in [0.2, 0.25) is 0 Å². The number of rotatable bonds is 7. The number of nitrogens with zero attached hydrogens (tertiary/aromatic N) is 3. The van der Waals surface area contributed by atoms with E-state index in [-0.39, 0.29) is 47.7 Å². The fraction of sp³-hybridized carbons (Fsp3) is 0.450. The average molecular weight is 399 g/mol. The van der Waals surface area contributed by atoms with Gasteiger partial charge in [-0.15, -0.1) is 0 Å². The number of hydrogen-bond acceptors (Lipinski definition) is 8. The molecule has 2 aliphatic rings. The third-order valence-electron chi connectivity index (χ3n) is 4.93. The Labute approximate surface area is 167 Å². The molecule has 2 aliphatic heterocycles. The third-order valence-corrected chi connectivity index (χ3v) is 4.93. The van der Waals surface area contributed by atoms with Gasteiger partial charge in [-0.1, -0.05) is 12.1 Å². The number of carbonyl (C=O) groups is 3. The smallest absolute Gasteiger partial charge is 0.338 e. The molecule has 1 saturated heterocycles. The summed E-state index contributed by atoms with van der Waals surface area (Å²) in [7, 11) is 0. The van der Waals surface area contributed by atoms with E-state index in [4.69, 9.17) is 14.0 Å². The molecule has 2 amide bonds. The van der Waals surface area contributed by atoms with Gasteiger partial charge in [-0.05, 0) is 37.5 Å². The minimum atomic E-state index is -0.638. The third kappa shape index (κ3) is 3.91. The summed E-state index contributed by atoms with van der Waals surface area (Å²) in [5, 5.41) is 3.80. The molecule has 0 radical (unpaired) electrons. The molecule has 4 rings (SSSR count). The lowest BCUT2D eigenvalue weighted by molar-refractivity contribution is 0.0429. The van der Waals surface area contributed by atoms with E-state index in [0.29, 0.717) is 18.9 Å². The molecule has 9 nitrogen and oxygen atoms in total. The first-order valence-electron chi connectivity index (χ1n) is 9.67. The van der Waals surface area contributed by atoms with Gasteiger partial charge < -0.3 is 14.0 Å². The Morgan fingerprint density at radius 3 is 2.86 bits per heavy atom. The highest BCUT2D eigenvalue weighted by molar-refractivity contribution is 6.22. The molecular formula is C20H21N3O6. The Hall–Kier alpha value is -3.07. The summed E-state index contributed by atoms with van der Waals surface area (Å²) in [4.78, 5) is 42.9. The predicted molar refractivity (Wildman–Crippen MR) is 98.2 cm³/mol. The van der Waals surface area contributed by atoms with Crippen LogP contribution in [0.25, 0.3) is 0 Å². The minimum absolute atomic E-state index is 0.131. The maximum Gasteiger partial charge on any atom is 0.338 e. The largest absolute Gasteiger partial charge is 0.452 e. The first kappa shape index (κ1) is 19.3. The fourth-order valence-corrected chi connectivity index (χ4v) is 3.46. The number of imide groups is 1. The Morgan fingerprint density at radius 1 is 1.28 bits per heavy atom. The Kier molecular flexibility index (Phi) is 5.39. The van der Waals surface area contributed by atoms with Gasteiger partial charge in [0.15, 0.2) is 12.4 Å². The van der Waals surface area contributed by atoms with Crippen molar-refractivity contribution in [3.05, 3.63) is 46.6 Å². The Morgan fingerprint density at radius 2 is 2.10 bits per heavy atom. The maximum atomic E-state index is 12.7. The lowest BCUT2D eigenvalue weighted by Gasteiger charge is -2.17. The van der Waals surface area contributed by atoms with E-state index in [2.05, 4.69) is 10.1 Å². The topological polar surface area (TPSA) is 112 Å². The van der Waals surface area contributed by atoms with Crippen molar-refractivity contribution < 1.29 is 28.4 Å². The van der Waals surface area contributed by atoms with Crippen LogP contribution in [-0.2, 0) is 22.5 Å². The second-order valence-electron chi connectivity index (χ2n) is 7.05. The van der Waals surface area contributed by atoms with Crippen molar-refractivity contribution in [3.63, 3.8) is 0 Å². The lowest BCUT2D eigenvalue weighted by atomic mass is 10.1. The zero-order valence-electron chi connectivity index (χ0n) is 16.1. The van der Waals surface area contributed by atoms with Crippen LogP contribution < -0.4 is 0 Å². The van der Waals surface area contributed by atoms with E-state index in [1.54, 1.807) is 0 Å². The first-order chi connectivity index (χ1) is 14.1. The van der Waals surface area contributed by atoms with Gasteiger partial charge in [-0.25, -0.2) is 4.79 Å². The van der Waals surface area contributed by atoms with Crippen molar-refractivity contribution in [2.75, 3.05) is 13.2 Å². The molecule has 1 atom stereocenters. The van der Waals surface area contributed by atoms with Gasteiger partial charge in [-0.3, -0.25) is 14.5 Å². The van der Waals surface area contributed by atoms with E-state index in [1.807, 2.05) is 6.92 Å². The molecule has 1 fully saturated rings. The summed E-state index contributed by atoms with van der Waals surface area (Å²) in [5.41, 5.74) is 0.660. The van der Waals surface area contributed by atoms with Crippen molar-refractivity contribution in [1.29, 1.82) is 0 Å². The molecule has 0 aliphatic carbocycles. The fourth-order valence-electron chi connectivity index (χ4n) is 3.46. The molecule has 3 heterocycles. The van der Waals surface area contributed by atoms with E-state index < -0.39 is 11.9 Å². The number of fused-ring (bicyclic) bond motifs is 1. The van der Waals surface area contributed by atoms with Crippen LogP contribution in [0, 0.1) is 0 Å². The molecule has 0 bridgehead atoms. The Bertz CT molecular complexity index is 947. The number of benzene rings is 1. The zero-order valence-corrected chi connectivity index (χ0v) is 16.1. The zero-order chi connectivity index (χ0) is 20.4. The standard InChI is InChI=1S/C20H21N3O6/c1-2-4-16-21-17(29-22-16)11-28-20(26)12-6-7-14-15(9-12)19(25)23(18(14)24)10-13-5-3-8-27-13/h6-7,9,13H,2-5,8,10-11H2,1H3. The maximum absolute atomic E-state index is 12.7. The highest BCUT2D eigenvalue weighted by Crippen LogP contribution is 2.26. The monoisotopic (exact) mass is 399 g/mol. The molecule has 152 valence electrons. The lowest BCUT2D eigenvalue weighted by Crippen LogP contribution is -2.36. The van der Waals surface area contributed by atoms with Crippen molar-refractivity contribution in [2.45, 2.75) is 45.3 Å². The molecule has 1 unspecified atom stereocenters. The molecule has 1 aromatic carbocycles. The number of aryl methyl sites for hydroxylation is 1. The highest BCUT2D eigenvalue weighted by Gasteiger charge is 2.38. The van der Waals surface area contributed by atoms with Crippen LogP contribution in [0.4, 0.5) is 0 Å². The molecular weight excluding hydrogens is 378 g/mol. The minimum Gasteiger partial charge on any atom is -0.452 e. The summed E-state index contributed by atoms with van der Waals surface area (Å²) >= 11 is 0. The van der Waals surface area contributed by atoms with E-state index in [0.717, 1.165) is 19.3 Å². The number of esters is 1. The number of carbonyl (C=O) groups excluding carboxylic acids is 3. The summed E-state index contributed by atoms with van der Waals surface area (Å²) in [6, 6.07) is 4.34. The summed E-state index contributed by atoms with van der Waals surface area (Å²) in [6.07, 6.45) is 3.17. The number of amides is 2. The Balaban J connectivity index is 1.42. The van der Waals surface area contributed by atoms with Gasteiger partial charge in [0.2, 0.25) is 0 Å². The van der Waals surface area contributed by atoms with E-state index >= 15 is 0 Å². The van der Waals surface area contributed by atoms with E-state index in [9.17, 15) is 14.4 Å². The van der Waals surface area contributed by atoms with Crippen LogP contribution in [-0.4, -0.2) is 52.1 Å². The summed E-state index contributed by atoms with van der Waals surface area (Å²) in [6.45, 7) is 2.70. The highest BCUT2D eigenvalue weighted by atomic mass is 16.6. The predicted octanol–water partition coefficient (Wildman–Crippen LogP) is 2.15. The number of aromatic nitrogens is 2. The molecule has 9 heteroatoms.